The van der Waals surface area contributed by atoms with Crippen molar-refractivity contribution in [1.82, 2.24) is 9.78 Å². The Balaban J connectivity index is 1.95. The van der Waals surface area contributed by atoms with Crippen LogP contribution in [0.25, 0.3) is 0 Å². The van der Waals surface area contributed by atoms with Crippen LogP contribution in [-0.4, -0.2) is 15.8 Å². The van der Waals surface area contributed by atoms with Gasteiger partial charge in [-0.3, -0.25) is 4.68 Å². The van der Waals surface area contributed by atoms with Crippen molar-refractivity contribution in [3.63, 3.8) is 0 Å². The Morgan fingerprint density at radius 1 is 1.38 bits per heavy atom. The van der Waals surface area contributed by atoms with E-state index in [1.807, 2.05) is 6.07 Å². The van der Waals surface area contributed by atoms with E-state index in [0.29, 0.717) is 22.9 Å². The zero-order valence-electron chi connectivity index (χ0n) is 12.0. The fourth-order valence-electron chi connectivity index (χ4n) is 1.86. The number of hydrogen-bond acceptors (Lipinski definition) is 3. The molecule has 0 aliphatic rings. The van der Waals surface area contributed by atoms with Crippen LogP contribution in [0, 0.1) is 17.2 Å². The normalized spacial score (nSPS) is 10.2. The van der Waals surface area contributed by atoms with Gasteiger partial charge in [-0.1, -0.05) is 19.9 Å². The first-order valence-electron chi connectivity index (χ1n) is 6.67. The third-order valence-corrected chi connectivity index (χ3v) is 2.69. The predicted molar refractivity (Wildman–Crippen MR) is 80.9 cm³/mol. The minimum absolute atomic E-state index is 0.366. The zero-order valence-corrected chi connectivity index (χ0v) is 12.0. The Morgan fingerprint density at radius 3 is 2.86 bits per heavy atom. The number of rotatable bonds is 4. The van der Waals surface area contributed by atoms with Crippen molar-refractivity contribution < 1.29 is 4.79 Å². The number of amides is 2. The van der Waals surface area contributed by atoms with Crippen molar-refractivity contribution in [2.45, 2.75) is 20.4 Å². The third kappa shape index (κ3) is 4.35. The largest absolute Gasteiger partial charge is 0.323 e. The first-order valence-corrected chi connectivity index (χ1v) is 6.67. The molecule has 0 bridgehead atoms. The molecule has 6 heteroatoms. The molecule has 21 heavy (non-hydrogen) atoms. The second-order valence-corrected chi connectivity index (χ2v) is 5.12. The average Bonchev–Trinajstić information content (AvgIpc) is 2.85. The van der Waals surface area contributed by atoms with Gasteiger partial charge in [-0.25, -0.2) is 4.79 Å². The van der Waals surface area contributed by atoms with E-state index in [0.717, 1.165) is 6.54 Å². The molecule has 0 atom stereocenters. The molecule has 0 spiro atoms. The first kappa shape index (κ1) is 14.6. The summed E-state index contributed by atoms with van der Waals surface area (Å²) < 4.78 is 1.79. The molecule has 2 N–H and O–H groups in total. The quantitative estimate of drug-likeness (QED) is 0.904. The minimum atomic E-state index is -0.366. The molecule has 0 unspecified atom stereocenters. The summed E-state index contributed by atoms with van der Waals surface area (Å²) in [5, 5.41) is 18.4. The molecule has 108 valence electrons. The third-order valence-electron chi connectivity index (χ3n) is 2.69. The van der Waals surface area contributed by atoms with Crippen LogP contribution in [-0.2, 0) is 6.54 Å². The second-order valence-electron chi connectivity index (χ2n) is 5.12. The zero-order chi connectivity index (χ0) is 15.2. The van der Waals surface area contributed by atoms with Crippen LogP contribution >= 0.6 is 0 Å². The van der Waals surface area contributed by atoms with Crippen molar-refractivity contribution in [2.75, 3.05) is 10.6 Å². The number of carbonyl (C=O) groups is 1. The van der Waals surface area contributed by atoms with Gasteiger partial charge in [0.25, 0.3) is 0 Å². The van der Waals surface area contributed by atoms with Crippen LogP contribution in [0.5, 0.6) is 0 Å². The Bertz CT molecular complexity index is 669. The number of benzene rings is 1. The number of carbonyl (C=O) groups excluding carboxylic acids is 1. The Hall–Kier alpha value is -2.81. The number of nitriles is 1. The average molecular weight is 283 g/mol. The summed E-state index contributed by atoms with van der Waals surface area (Å²) in [6, 6.07) is 8.39. The lowest BCUT2D eigenvalue weighted by molar-refractivity contribution is 0.262. The van der Waals surface area contributed by atoms with E-state index >= 15 is 0 Å². The lowest BCUT2D eigenvalue weighted by Gasteiger charge is -2.06. The SMILES string of the molecule is CC(C)Cn1cc(NC(=O)Nc2cccc(C#N)c2)cn1. The van der Waals surface area contributed by atoms with Gasteiger partial charge in [-0.15, -0.1) is 0 Å². The standard InChI is InChI=1S/C15H17N5O/c1-11(2)9-20-10-14(8-17-20)19-15(21)18-13-5-3-4-12(6-13)7-16/h3-6,8,10-11H,9H2,1-2H3,(H2,18,19,21). The highest BCUT2D eigenvalue weighted by Crippen LogP contribution is 2.11. The van der Waals surface area contributed by atoms with Crippen LogP contribution in [0.2, 0.25) is 0 Å². The molecule has 2 aromatic rings. The molecule has 2 amide bonds. The summed E-state index contributed by atoms with van der Waals surface area (Å²) in [5.41, 5.74) is 1.70. The topological polar surface area (TPSA) is 82.7 Å². The number of nitrogens with zero attached hydrogens (tertiary/aromatic N) is 3. The van der Waals surface area contributed by atoms with Crippen molar-refractivity contribution in [2.24, 2.45) is 5.92 Å². The monoisotopic (exact) mass is 283 g/mol. The lowest BCUT2D eigenvalue weighted by atomic mass is 10.2. The van der Waals surface area contributed by atoms with E-state index < -0.39 is 0 Å². The molecule has 0 saturated heterocycles. The van der Waals surface area contributed by atoms with Crippen molar-refractivity contribution >= 4 is 17.4 Å². The maximum atomic E-state index is 11.9. The molecule has 0 aliphatic heterocycles. The highest BCUT2D eigenvalue weighted by atomic mass is 16.2. The molecule has 0 aliphatic carbocycles. The van der Waals surface area contributed by atoms with Gasteiger partial charge in [0, 0.05) is 18.4 Å². The van der Waals surface area contributed by atoms with Gasteiger partial charge in [0.2, 0.25) is 0 Å². The van der Waals surface area contributed by atoms with Crippen LogP contribution < -0.4 is 10.6 Å². The molecule has 1 heterocycles. The fraction of sp³-hybridized carbons (Fsp3) is 0.267. The van der Waals surface area contributed by atoms with E-state index in [2.05, 4.69) is 29.6 Å². The number of urea groups is 1. The summed E-state index contributed by atoms with van der Waals surface area (Å²) >= 11 is 0. The number of hydrogen-bond donors (Lipinski definition) is 2. The van der Waals surface area contributed by atoms with Crippen LogP contribution in [0.4, 0.5) is 16.2 Å². The van der Waals surface area contributed by atoms with Crippen molar-refractivity contribution in [1.29, 1.82) is 5.26 Å². The van der Waals surface area contributed by atoms with Crippen molar-refractivity contribution in [3.05, 3.63) is 42.2 Å². The maximum absolute atomic E-state index is 11.9. The van der Waals surface area contributed by atoms with E-state index in [9.17, 15) is 4.79 Å². The number of aromatic nitrogens is 2. The Morgan fingerprint density at radius 2 is 2.14 bits per heavy atom. The second kappa shape index (κ2) is 6.57. The van der Waals surface area contributed by atoms with Gasteiger partial charge >= 0.3 is 6.03 Å². The Kier molecular flexibility index (Phi) is 4.57. The van der Waals surface area contributed by atoms with Gasteiger partial charge in [-0.2, -0.15) is 10.4 Å². The smallest absolute Gasteiger partial charge is 0.308 e. The predicted octanol–water partition coefficient (Wildman–Crippen LogP) is 3.05. The molecule has 0 saturated carbocycles. The van der Waals surface area contributed by atoms with E-state index in [1.165, 1.54) is 0 Å². The summed E-state index contributed by atoms with van der Waals surface area (Å²) in [4.78, 5) is 11.9. The van der Waals surface area contributed by atoms with Gasteiger partial charge < -0.3 is 10.6 Å². The summed E-state index contributed by atoms with van der Waals surface area (Å²) in [7, 11) is 0. The molecule has 1 aromatic carbocycles. The van der Waals surface area contributed by atoms with E-state index in [1.54, 1.807) is 41.3 Å². The van der Waals surface area contributed by atoms with Crippen molar-refractivity contribution in [3.8, 4) is 6.07 Å². The summed E-state index contributed by atoms with van der Waals surface area (Å²) in [6.45, 7) is 5.00. The number of nitrogens with one attached hydrogen (secondary N) is 2. The van der Waals surface area contributed by atoms with Crippen LogP contribution in [0.3, 0.4) is 0 Å². The molecule has 2 rings (SSSR count). The highest BCUT2D eigenvalue weighted by Gasteiger charge is 2.06. The van der Waals surface area contributed by atoms with Crippen LogP contribution in [0.15, 0.2) is 36.7 Å². The molecular weight excluding hydrogens is 266 g/mol. The van der Waals surface area contributed by atoms with E-state index in [-0.39, 0.29) is 6.03 Å². The molecule has 0 fully saturated rings. The van der Waals surface area contributed by atoms with Crippen LogP contribution in [0.1, 0.15) is 19.4 Å². The first-order chi connectivity index (χ1) is 10.1. The fourth-order valence-corrected chi connectivity index (χ4v) is 1.86. The molecule has 0 radical (unpaired) electrons. The summed E-state index contributed by atoms with van der Waals surface area (Å²) in [6.07, 6.45) is 3.39. The maximum Gasteiger partial charge on any atom is 0.323 e. The highest BCUT2D eigenvalue weighted by molar-refractivity contribution is 5.99. The summed E-state index contributed by atoms with van der Waals surface area (Å²) in [5.74, 6) is 0.486. The van der Waals surface area contributed by atoms with Gasteiger partial charge in [0.1, 0.15) is 0 Å². The van der Waals surface area contributed by atoms with Gasteiger partial charge in [0.05, 0.1) is 23.5 Å². The van der Waals surface area contributed by atoms with E-state index in [4.69, 9.17) is 5.26 Å². The lowest BCUT2D eigenvalue weighted by Crippen LogP contribution is -2.19. The number of anilines is 2. The molecule has 6 nitrogen and oxygen atoms in total. The minimum Gasteiger partial charge on any atom is -0.308 e. The van der Waals surface area contributed by atoms with Gasteiger partial charge in [0.15, 0.2) is 0 Å². The van der Waals surface area contributed by atoms with Gasteiger partial charge in [-0.05, 0) is 24.1 Å². The molecule has 1 aromatic heterocycles. The Labute approximate surface area is 123 Å². The molecular formula is C15H17N5O.